The molecule has 2 N–H and O–H groups in total. The first kappa shape index (κ1) is 18.5. The summed E-state index contributed by atoms with van der Waals surface area (Å²) in [5, 5.41) is 6.81. The highest BCUT2D eigenvalue weighted by Crippen LogP contribution is 2.42. The van der Waals surface area contributed by atoms with Crippen molar-refractivity contribution in [2.75, 3.05) is 33.9 Å². The van der Waals surface area contributed by atoms with E-state index in [0.717, 1.165) is 18.1 Å². The van der Waals surface area contributed by atoms with Crippen LogP contribution < -0.4 is 15.4 Å². The first-order valence-electron chi connectivity index (χ1n) is 8.73. The summed E-state index contributed by atoms with van der Waals surface area (Å²) in [5.41, 5.74) is 1.46. The van der Waals surface area contributed by atoms with Gasteiger partial charge in [0.2, 0.25) is 5.88 Å². The molecule has 1 heterocycles. The maximum Gasteiger partial charge on any atom is 0.218 e. The van der Waals surface area contributed by atoms with Gasteiger partial charge >= 0.3 is 0 Å². The molecule has 1 aliphatic rings. The van der Waals surface area contributed by atoms with E-state index in [0.29, 0.717) is 31.1 Å². The molecule has 1 aliphatic carbocycles. The fraction of sp³-hybridized carbons (Fsp3) is 0.667. The van der Waals surface area contributed by atoms with E-state index in [9.17, 15) is 0 Å². The SMILES string of the molecule is CCC1(CNC(=NC)NCc2cccnc2OCCOC)CCC1. The largest absolute Gasteiger partial charge is 0.475 e. The van der Waals surface area contributed by atoms with Gasteiger partial charge in [-0.05, 0) is 30.7 Å². The van der Waals surface area contributed by atoms with Gasteiger partial charge in [-0.1, -0.05) is 19.4 Å². The summed E-state index contributed by atoms with van der Waals surface area (Å²) in [6.07, 6.45) is 6.93. The quantitative estimate of drug-likeness (QED) is 0.412. The average molecular weight is 334 g/mol. The van der Waals surface area contributed by atoms with E-state index in [4.69, 9.17) is 9.47 Å². The van der Waals surface area contributed by atoms with Gasteiger partial charge in [0.05, 0.1) is 6.61 Å². The molecule has 0 unspecified atom stereocenters. The van der Waals surface area contributed by atoms with Crippen molar-refractivity contribution in [2.24, 2.45) is 10.4 Å². The number of guanidine groups is 1. The first-order valence-corrected chi connectivity index (χ1v) is 8.73. The monoisotopic (exact) mass is 334 g/mol. The number of hydrogen-bond donors (Lipinski definition) is 2. The fourth-order valence-electron chi connectivity index (χ4n) is 2.91. The number of aliphatic imine (C=N–C) groups is 1. The van der Waals surface area contributed by atoms with E-state index in [1.165, 1.54) is 25.7 Å². The van der Waals surface area contributed by atoms with Gasteiger partial charge in [-0.3, -0.25) is 4.99 Å². The molecule has 6 nitrogen and oxygen atoms in total. The lowest BCUT2D eigenvalue weighted by Gasteiger charge is -2.41. The van der Waals surface area contributed by atoms with Crippen molar-refractivity contribution in [3.8, 4) is 5.88 Å². The number of rotatable bonds is 9. The van der Waals surface area contributed by atoms with Crippen LogP contribution in [0.5, 0.6) is 5.88 Å². The lowest BCUT2D eigenvalue weighted by molar-refractivity contribution is 0.131. The number of aromatic nitrogens is 1. The van der Waals surface area contributed by atoms with Crippen LogP contribution in [0.3, 0.4) is 0 Å². The minimum absolute atomic E-state index is 0.459. The second-order valence-electron chi connectivity index (χ2n) is 6.30. The lowest BCUT2D eigenvalue weighted by Crippen LogP contribution is -2.46. The normalized spacial score (nSPS) is 16.4. The highest BCUT2D eigenvalue weighted by atomic mass is 16.5. The Hall–Kier alpha value is -1.82. The molecule has 1 fully saturated rings. The summed E-state index contributed by atoms with van der Waals surface area (Å²) in [7, 11) is 3.46. The van der Waals surface area contributed by atoms with Gasteiger partial charge in [-0.25, -0.2) is 4.98 Å². The molecule has 0 saturated heterocycles. The molecule has 0 spiro atoms. The van der Waals surface area contributed by atoms with Crippen molar-refractivity contribution in [1.29, 1.82) is 0 Å². The van der Waals surface area contributed by atoms with Gasteiger partial charge in [-0.15, -0.1) is 0 Å². The van der Waals surface area contributed by atoms with Crippen LogP contribution >= 0.6 is 0 Å². The maximum atomic E-state index is 5.67. The van der Waals surface area contributed by atoms with Crippen LogP contribution in [0, 0.1) is 5.41 Å². The fourth-order valence-corrected chi connectivity index (χ4v) is 2.91. The van der Waals surface area contributed by atoms with E-state index >= 15 is 0 Å². The standard InChI is InChI=1S/C18H30N4O2/c1-4-18(8-6-9-18)14-22-17(19-2)21-13-15-7-5-10-20-16(15)24-12-11-23-3/h5,7,10H,4,6,8-9,11-14H2,1-3H3,(H2,19,21,22). The van der Waals surface area contributed by atoms with E-state index in [1.54, 1.807) is 20.4 Å². The zero-order valence-electron chi connectivity index (χ0n) is 15.1. The highest BCUT2D eigenvalue weighted by Gasteiger charge is 2.34. The molecule has 0 aliphatic heterocycles. The van der Waals surface area contributed by atoms with Crippen molar-refractivity contribution < 1.29 is 9.47 Å². The van der Waals surface area contributed by atoms with Crippen LogP contribution in [0.4, 0.5) is 0 Å². The molecule has 0 radical (unpaired) electrons. The van der Waals surface area contributed by atoms with Crippen LogP contribution in [0.1, 0.15) is 38.2 Å². The molecular weight excluding hydrogens is 304 g/mol. The number of nitrogens with zero attached hydrogens (tertiary/aromatic N) is 2. The number of ether oxygens (including phenoxy) is 2. The van der Waals surface area contributed by atoms with Gasteiger partial charge in [0.25, 0.3) is 0 Å². The Labute approximate surface area is 145 Å². The van der Waals surface area contributed by atoms with Crippen molar-refractivity contribution in [3.63, 3.8) is 0 Å². The third-order valence-corrected chi connectivity index (χ3v) is 4.84. The molecule has 0 aromatic carbocycles. The second kappa shape index (κ2) is 9.47. The van der Waals surface area contributed by atoms with E-state index in [2.05, 4.69) is 27.5 Å². The van der Waals surface area contributed by atoms with Crippen molar-refractivity contribution in [2.45, 2.75) is 39.2 Å². The zero-order valence-corrected chi connectivity index (χ0v) is 15.1. The predicted octanol–water partition coefficient (Wildman–Crippen LogP) is 2.35. The molecule has 1 aromatic heterocycles. The molecule has 24 heavy (non-hydrogen) atoms. The summed E-state index contributed by atoms with van der Waals surface area (Å²) in [4.78, 5) is 8.61. The highest BCUT2D eigenvalue weighted by molar-refractivity contribution is 5.79. The Kier molecular flexibility index (Phi) is 7.31. The molecule has 0 amide bonds. The summed E-state index contributed by atoms with van der Waals surface area (Å²) < 4.78 is 10.7. The third kappa shape index (κ3) is 5.09. The Morgan fingerprint density at radius 2 is 2.17 bits per heavy atom. The summed E-state index contributed by atoms with van der Waals surface area (Å²) >= 11 is 0. The van der Waals surface area contributed by atoms with Gasteiger partial charge in [-0.2, -0.15) is 0 Å². The third-order valence-electron chi connectivity index (χ3n) is 4.84. The Balaban J connectivity index is 1.84. The topological polar surface area (TPSA) is 67.8 Å². The van der Waals surface area contributed by atoms with Crippen molar-refractivity contribution >= 4 is 5.96 Å². The molecule has 1 aromatic rings. The van der Waals surface area contributed by atoms with Gasteiger partial charge in [0.15, 0.2) is 5.96 Å². The maximum absolute atomic E-state index is 5.67. The van der Waals surface area contributed by atoms with E-state index in [1.807, 2.05) is 12.1 Å². The molecule has 0 bridgehead atoms. The van der Waals surface area contributed by atoms with Crippen molar-refractivity contribution in [3.05, 3.63) is 23.9 Å². The number of nitrogens with one attached hydrogen (secondary N) is 2. The van der Waals surface area contributed by atoms with Crippen LogP contribution in [0.25, 0.3) is 0 Å². The van der Waals surface area contributed by atoms with Gasteiger partial charge in [0.1, 0.15) is 6.61 Å². The van der Waals surface area contributed by atoms with E-state index in [-0.39, 0.29) is 0 Å². The van der Waals surface area contributed by atoms with Crippen LogP contribution in [0.15, 0.2) is 23.3 Å². The molecule has 6 heteroatoms. The zero-order chi connectivity index (χ0) is 17.3. The second-order valence-corrected chi connectivity index (χ2v) is 6.30. The molecule has 2 rings (SSSR count). The summed E-state index contributed by atoms with van der Waals surface area (Å²) in [6, 6.07) is 3.92. The summed E-state index contributed by atoms with van der Waals surface area (Å²) in [5.74, 6) is 1.46. The van der Waals surface area contributed by atoms with Crippen LogP contribution in [0.2, 0.25) is 0 Å². The molecule has 1 saturated carbocycles. The minimum atomic E-state index is 0.459. The van der Waals surface area contributed by atoms with Crippen LogP contribution in [-0.2, 0) is 11.3 Å². The molecule has 134 valence electrons. The Bertz CT molecular complexity index is 524. The predicted molar refractivity (Wildman–Crippen MR) is 96.4 cm³/mol. The molecule has 0 atom stereocenters. The summed E-state index contributed by atoms with van der Waals surface area (Å²) in [6.45, 7) is 4.91. The number of pyridine rings is 1. The van der Waals surface area contributed by atoms with Crippen molar-refractivity contribution in [1.82, 2.24) is 15.6 Å². The van der Waals surface area contributed by atoms with Crippen LogP contribution in [-0.4, -0.2) is 44.9 Å². The first-order chi connectivity index (χ1) is 11.7. The smallest absolute Gasteiger partial charge is 0.218 e. The number of methoxy groups -OCH3 is 1. The Morgan fingerprint density at radius 1 is 1.33 bits per heavy atom. The van der Waals surface area contributed by atoms with E-state index < -0.39 is 0 Å². The Morgan fingerprint density at radius 3 is 2.79 bits per heavy atom. The van der Waals surface area contributed by atoms with Gasteiger partial charge in [0, 0.05) is 39.0 Å². The van der Waals surface area contributed by atoms with Gasteiger partial charge < -0.3 is 20.1 Å². The minimum Gasteiger partial charge on any atom is -0.475 e. The number of hydrogen-bond acceptors (Lipinski definition) is 4. The molecular formula is C18H30N4O2. The lowest BCUT2D eigenvalue weighted by atomic mass is 9.67. The average Bonchev–Trinajstić information content (AvgIpc) is 2.58.